The third-order valence-electron chi connectivity index (χ3n) is 24.2. The number of aliphatic hydroxyl groups excluding tert-OH is 2. The number of rotatable bonds is 34. The molecule has 786 valence electrons. The number of allylic oxidation sites excluding steroid dienone is 2. The summed E-state index contributed by atoms with van der Waals surface area (Å²) < 4.78 is 36.1. The van der Waals surface area contributed by atoms with E-state index in [1.807, 2.05) is 13.0 Å². The van der Waals surface area contributed by atoms with Crippen LogP contribution in [0.2, 0.25) is 10.4 Å². The van der Waals surface area contributed by atoms with Gasteiger partial charge in [-0.1, -0.05) is 93.8 Å². The lowest BCUT2D eigenvalue weighted by molar-refractivity contribution is -0.385. The zero-order chi connectivity index (χ0) is 105. The van der Waals surface area contributed by atoms with Gasteiger partial charge in [-0.2, -0.15) is 9.36 Å². The maximum absolute atomic E-state index is 11.9. The molecule has 6 aliphatic rings. The SMILES string of the molecule is C/C=C/C(=O)OC.C1CCOC1.CC(C)CN(c1ncc(Br)cc1[N+](=O)[O-])C1CCC(O)CC1.CC(C)CNC1CCC(O)CC1.COC(=O)/C=C(\C)c1cnc(N(CC(C)C)C2CCC(OC)CC2)c([N+](=O)[O-])c1.COC1CCC(N(CC(C)C)c2ncc(Br)cc2[N+](=O)[O-])CC1.COC1CCC(N(CC(C)C)c2ncc([C@H](C)CC(=O)O)cc2Nc2nc(Cl)ns2)CC1.O=[N+]([O-])c1cc(Br)cnc1Cl. The second-order valence-corrected chi connectivity index (χ2v) is 42.0. The van der Waals surface area contributed by atoms with Crippen LogP contribution >= 0.6 is 82.5 Å². The number of nitrogens with one attached hydrogen (secondary N) is 2. The van der Waals surface area contributed by atoms with Gasteiger partial charge in [0.25, 0.3) is 0 Å². The number of halogens is 5. The standard InChI is InChI=1S/C22H32ClN5O3S.C21H31N3O5.C16H24BrN3O3.C15H22BrN3O3.C10H21NO.C5H2BrClN2O2.C5H8O2.C4H8O/c1-13(2)12-28(16-5-7-17(31-4)8-6-16)20-18(25-22-26-21(23)27-32-22)10-15(11-24-20)14(3)9-19(29)30;1-14(2)13-23(17-6-8-18(28-4)9-7-17)21-19(24(26)27)11-16(12-22-21)15(3)10-20(25)29-5;1-11(2)10-19(13-4-6-14(23-3)7-5-13)16-15(20(21)22)8-12(17)9-18-16;1-10(2)9-18(12-3-5-13(20)6-4-12)15-14(19(21)22)7-11(16)8-17-15;1-8(2)7-11-9-3-5-10(12)6-4-9;6-3-1-4(9(10)11)5(7)8-2-3;1-3-4-5(6)7-2;1-2-4-5-3-1/h10-11,13-14,16-17H,5-9,12H2,1-4H3,(H,29,30)(H,25,26,27);10-12,14,17-18H,6-9,13H2,1-5H3;8-9,11,13-14H,4-7,10H2,1-3H3;7-8,10,12-13,20H,3-6,9H2,1-2H3;8-12H,3-7H2,1-2H3;1-2H;3-4H,1-2H3;1-4H2/b;15-10+;;;;;4-3+;/t14-,16?,17?;;;;;;;/m1......./s1. The predicted octanol–water partition coefficient (Wildman–Crippen LogP) is 22.5. The summed E-state index contributed by atoms with van der Waals surface area (Å²) in [5.41, 5.74) is 2.60. The maximum Gasteiger partial charge on any atom is 0.330 e. The van der Waals surface area contributed by atoms with Gasteiger partial charge in [0.2, 0.25) is 33.0 Å². The highest BCUT2D eigenvalue weighted by Gasteiger charge is 2.37. The average Bonchev–Trinajstić information content (AvgIpc) is 1.45. The molecule has 141 heavy (non-hydrogen) atoms. The van der Waals surface area contributed by atoms with Gasteiger partial charge in [0.15, 0.2) is 5.82 Å². The number of anilines is 6. The molecule has 1 atom stereocenters. The fourth-order valence-electron chi connectivity index (χ4n) is 17.0. The van der Waals surface area contributed by atoms with Gasteiger partial charge < -0.3 is 74.0 Å². The van der Waals surface area contributed by atoms with Crippen LogP contribution in [0.15, 0.2) is 93.0 Å². The van der Waals surface area contributed by atoms with E-state index in [9.17, 15) is 70.2 Å². The summed E-state index contributed by atoms with van der Waals surface area (Å²) in [6.45, 7) is 33.0. The molecule has 6 fully saturated rings. The maximum atomic E-state index is 11.9. The Hall–Kier alpha value is -8.46. The van der Waals surface area contributed by atoms with Crippen molar-refractivity contribution in [2.75, 3.05) is 106 Å². The number of aromatic nitrogens is 7. The lowest BCUT2D eigenvalue weighted by atomic mass is 9.91. The van der Waals surface area contributed by atoms with E-state index in [-0.39, 0.29) is 97.8 Å². The molecule has 1 aliphatic heterocycles. The molecule has 6 aromatic heterocycles. The van der Waals surface area contributed by atoms with Crippen LogP contribution in [-0.4, -0.2) is 229 Å². The summed E-state index contributed by atoms with van der Waals surface area (Å²) in [7, 11) is 7.90. The number of hydrogen-bond donors (Lipinski definition) is 5. The number of carboxylic acids is 1. The zero-order valence-corrected chi connectivity index (χ0v) is 91.8. The monoisotopic (exact) mass is 2220 g/mol. The van der Waals surface area contributed by atoms with E-state index in [2.05, 4.69) is 186 Å². The summed E-state index contributed by atoms with van der Waals surface area (Å²) >= 11 is 22.1. The molecule has 5 aliphatic carbocycles. The number of pyridine rings is 5. The molecule has 5 N–H and O–H groups in total. The van der Waals surface area contributed by atoms with E-state index >= 15 is 0 Å². The van der Waals surface area contributed by atoms with Crippen LogP contribution in [0.5, 0.6) is 0 Å². The van der Waals surface area contributed by atoms with E-state index in [1.165, 1.54) is 81.2 Å². The normalized spacial score (nSPS) is 20.2. The smallest absolute Gasteiger partial charge is 0.330 e. The highest BCUT2D eigenvalue weighted by atomic mass is 79.9. The number of aliphatic hydroxyl groups is 2. The largest absolute Gasteiger partial charge is 0.481 e. The molecule has 0 bridgehead atoms. The van der Waals surface area contributed by atoms with Crippen LogP contribution in [0.4, 0.5) is 56.8 Å². The molecule has 37 nitrogen and oxygen atoms in total. The fourth-order valence-corrected chi connectivity index (χ4v) is 18.9. The Morgan fingerprint density at radius 2 is 0.879 bits per heavy atom. The van der Waals surface area contributed by atoms with Crippen molar-refractivity contribution in [2.45, 2.75) is 304 Å². The first-order valence-corrected chi connectivity index (χ1v) is 52.3. The Morgan fingerprint density at radius 3 is 1.21 bits per heavy atom. The van der Waals surface area contributed by atoms with Crippen LogP contribution in [0.3, 0.4) is 0 Å². The molecule has 0 spiro atoms. The van der Waals surface area contributed by atoms with Crippen molar-refractivity contribution in [3.05, 3.63) is 155 Å². The predicted molar refractivity (Wildman–Crippen MR) is 565 cm³/mol. The van der Waals surface area contributed by atoms with Gasteiger partial charge in [-0.25, -0.2) is 34.5 Å². The number of methoxy groups -OCH3 is 5. The topological polar surface area (TPSA) is 467 Å². The van der Waals surface area contributed by atoms with Crippen LogP contribution in [0, 0.1) is 70.0 Å². The summed E-state index contributed by atoms with van der Waals surface area (Å²) in [5.74, 6) is 2.63. The molecule has 12 rings (SSSR count). The number of hydrogen-bond acceptors (Lipinski definition) is 33. The lowest BCUT2D eigenvalue weighted by Gasteiger charge is -2.39. The summed E-state index contributed by atoms with van der Waals surface area (Å²) in [6.07, 6.45) is 34.7. The number of carbonyl (C=O) groups excluding carboxylic acids is 2. The number of carboxylic acid groups (broad SMARTS) is 1. The van der Waals surface area contributed by atoms with Crippen molar-refractivity contribution in [1.82, 2.24) is 39.6 Å². The quantitative estimate of drug-likeness (QED) is 0.00823. The average molecular weight is 2230 g/mol. The first-order chi connectivity index (χ1) is 66.9. The van der Waals surface area contributed by atoms with E-state index < -0.39 is 21.8 Å². The van der Waals surface area contributed by atoms with E-state index in [1.54, 1.807) is 66.0 Å². The zero-order valence-electron chi connectivity index (χ0n) is 84.7. The van der Waals surface area contributed by atoms with Crippen molar-refractivity contribution in [1.29, 1.82) is 0 Å². The Bertz CT molecular complexity index is 4850. The summed E-state index contributed by atoms with van der Waals surface area (Å²) in [5, 5.41) is 80.6. The molecule has 6 aromatic rings. The minimum absolute atomic E-state index is 0.0258. The molecule has 43 heteroatoms. The van der Waals surface area contributed by atoms with E-state index in [0.717, 1.165) is 191 Å². The van der Waals surface area contributed by atoms with Crippen molar-refractivity contribution >= 4 is 163 Å². The number of nitro groups is 4. The second kappa shape index (κ2) is 65.1. The molecule has 0 amide bonds. The first kappa shape index (κ1) is 123. The van der Waals surface area contributed by atoms with Gasteiger partial charge in [-0.3, -0.25) is 45.3 Å². The molecule has 0 radical (unpaired) electrons. The summed E-state index contributed by atoms with van der Waals surface area (Å²) in [6, 6.07) is 9.50. The number of ether oxygens (including phenoxy) is 6. The van der Waals surface area contributed by atoms with Crippen molar-refractivity contribution in [2.24, 2.45) is 29.6 Å². The molecule has 0 unspecified atom stereocenters. The molecule has 0 aromatic carbocycles. The lowest BCUT2D eigenvalue weighted by Crippen LogP contribution is -2.42. The Balaban J connectivity index is 0.000000299. The first-order valence-electron chi connectivity index (χ1n) is 48.4. The van der Waals surface area contributed by atoms with Gasteiger partial charge in [-0.05, 0) is 274 Å². The highest BCUT2D eigenvalue weighted by Crippen LogP contribution is 2.42. The minimum atomic E-state index is -0.830. The van der Waals surface area contributed by atoms with Gasteiger partial charge in [0.1, 0.15) is 0 Å². The second-order valence-electron chi connectivity index (χ2n) is 37.8. The fraction of sp³-hybridized carbons (Fsp3) is 0.653. The summed E-state index contributed by atoms with van der Waals surface area (Å²) in [4.78, 5) is 111. The van der Waals surface area contributed by atoms with Gasteiger partial charge in [-0.15, -0.1) is 0 Å². The van der Waals surface area contributed by atoms with Crippen molar-refractivity contribution < 1.29 is 77.8 Å². The molecule has 7 heterocycles. The molecule has 1 saturated heterocycles. The van der Waals surface area contributed by atoms with Crippen LogP contribution in [0.1, 0.15) is 255 Å². The molecular formula is C98H148Br3Cl2N17O20S. The Labute approximate surface area is 869 Å². The third kappa shape index (κ3) is 44.6. The van der Waals surface area contributed by atoms with Gasteiger partial charge in [0, 0.05) is 189 Å². The number of esters is 2. The number of nitrogens with zero attached hydrogens (tertiary/aromatic N) is 15. The van der Waals surface area contributed by atoms with Gasteiger partial charge in [0.05, 0.1) is 76.5 Å². The molecule has 5 saturated carbocycles. The number of aliphatic carboxylic acids is 1. The Morgan fingerprint density at radius 1 is 0.511 bits per heavy atom. The van der Waals surface area contributed by atoms with Crippen molar-refractivity contribution in [3.63, 3.8) is 0 Å². The Kier molecular flexibility index (Phi) is 56.8. The van der Waals surface area contributed by atoms with E-state index in [0.29, 0.717) is 102 Å². The third-order valence-corrected chi connectivity index (χ3v) is 26.7. The molecular weight excluding hydrogens is 2080 g/mol. The van der Waals surface area contributed by atoms with Crippen molar-refractivity contribution in [3.8, 4) is 0 Å². The van der Waals surface area contributed by atoms with Gasteiger partial charge >= 0.3 is 40.7 Å². The van der Waals surface area contributed by atoms with Crippen LogP contribution in [-0.2, 0) is 42.8 Å². The highest BCUT2D eigenvalue weighted by molar-refractivity contribution is 9.11. The van der Waals surface area contributed by atoms with Crippen LogP contribution < -0.4 is 30.2 Å². The minimum Gasteiger partial charge on any atom is -0.481 e. The number of carbonyl (C=O) groups is 3. The van der Waals surface area contributed by atoms with Crippen LogP contribution in [0.25, 0.3) is 5.57 Å². The van der Waals surface area contributed by atoms with E-state index in [4.69, 9.17) is 47.1 Å².